The molecule has 1 aliphatic rings. The van der Waals surface area contributed by atoms with Crippen LogP contribution in [0.15, 0.2) is 48.5 Å². The Hall–Kier alpha value is -2.69. The van der Waals surface area contributed by atoms with Gasteiger partial charge in [-0.05, 0) is 54.8 Å². The molecule has 24 heavy (non-hydrogen) atoms. The summed E-state index contributed by atoms with van der Waals surface area (Å²) in [5.41, 5.74) is 2.02. The predicted molar refractivity (Wildman–Crippen MR) is 90.3 cm³/mol. The van der Waals surface area contributed by atoms with Crippen molar-refractivity contribution in [1.82, 2.24) is 4.90 Å². The van der Waals surface area contributed by atoms with E-state index in [9.17, 15) is 14.0 Å². The Kier molecular flexibility index (Phi) is 4.89. The molecule has 0 saturated carbocycles. The monoisotopic (exact) mass is 326 g/mol. The van der Waals surface area contributed by atoms with Crippen LogP contribution < -0.4 is 5.32 Å². The van der Waals surface area contributed by atoms with E-state index in [0.717, 1.165) is 31.5 Å². The average Bonchev–Trinajstić information content (AvgIpc) is 3.11. The Balaban J connectivity index is 1.58. The lowest BCUT2D eigenvalue weighted by Crippen LogP contribution is -2.27. The number of nitrogens with zero attached hydrogens (tertiary/aromatic N) is 1. The van der Waals surface area contributed by atoms with E-state index in [1.54, 1.807) is 36.4 Å². The van der Waals surface area contributed by atoms with Gasteiger partial charge in [0.1, 0.15) is 5.82 Å². The van der Waals surface area contributed by atoms with Crippen LogP contribution >= 0.6 is 0 Å². The Morgan fingerprint density at radius 1 is 0.958 bits per heavy atom. The van der Waals surface area contributed by atoms with E-state index >= 15 is 0 Å². The molecular formula is C19H19FN2O2. The third kappa shape index (κ3) is 3.98. The summed E-state index contributed by atoms with van der Waals surface area (Å²) in [6, 6.07) is 12.8. The molecule has 2 amide bonds. The normalized spacial score (nSPS) is 13.8. The molecule has 2 aromatic rings. The zero-order valence-electron chi connectivity index (χ0n) is 13.3. The van der Waals surface area contributed by atoms with Crippen LogP contribution in [0.3, 0.4) is 0 Å². The highest BCUT2D eigenvalue weighted by atomic mass is 19.1. The molecule has 0 spiro atoms. The van der Waals surface area contributed by atoms with Gasteiger partial charge in [-0.25, -0.2) is 4.39 Å². The topological polar surface area (TPSA) is 49.4 Å². The summed E-state index contributed by atoms with van der Waals surface area (Å²) >= 11 is 0. The summed E-state index contributed by atoms with van der Waals surface area (Å²) in [4.78, 5) is 26.1. The minimum atomic E-state index is -0.322. The number of carbonyl (C=O) groups excluding carboxylic acids is 2. The summed E-state index contributed by atoms with van der Waals surface area (Å²) in [5, 5.41) is 2.78. The number of hydrogen-bond acceptors (Lipinski definition) is 2. The number of rotatable bonds is 4. The largest absolute Gasteiger partial charge is 0.339 e. The van der Waals surface area contributed by atoms with Gasteiger partial charge in [-0.2, -0.15) is 0 Å². The molecule has 0 aromatic heterocycles. The number of halogens is 1. The fraction of sp³-hybridized carbons (Fsp3) is 0.263. The molecule has 5 heteroatoms. The van der Waals surface area contributed by atoms with Gasteiger partial charge in [0.2, 0.25) is 5.91 Å². The standard InChI is InChI=1S/C19H19FN2O2/c20-16-7-3-14(4-8-16)13-18(23)21-17-9-5-15(6-10-17)19(24)22-11-1-2-12-22/h3-10H,1-2,11-13H2,(H,21,23). The molecule has 1 heterocycles. The second-order valence-electron chi connectivity index (χ2n) is 5.93. The highest BCUT2D eigenvalue weighted by Crippen LogP contribution is 2.16. The highest BCUT2D eigenvalue weighted by molar-refractivity contribution is 5.96. The number of amides is 2. The number of likely N-dealkylation sites (tertiary alicyclic amines) is 1. The molecule has 1 N–H and O–H groups in total. The van der Waals surface area contributed by atoms with Gasteiger partial charge in [0.05, 0.1) is 6.42 Å². The lowest BCUT2D eigenvalue weighted by molar-refractivity contribution is -0.115. The third-order valence-electron chi connectivity index (χ3n) is 4.09. The maximum atomic E-state index is 12.9. The molecule has 1 saturated heterocycles. The van der Waals surface area contributed by atoms with E-state index < -0.39 is 0 Å². The van der Waals surface area contributed by atoms with Crippen molar-refractivity contribution in [3.05, 3.63) is 65.5 Å². The Morgan fingerprint density at radius 3 is 2.21 bits per heavy atom. The second-order valence-corrected chi connectivity index (χ2v) is 5.93. The van der Waals surface area contributed by atoms with Crippen molar-refractivity contribution in [1.29, 1.82) is 0 Å². The number of carbonyl (C=O) groups is 2. The fourth-order valence-corrected chi connectivity index (χ4v) is 2.79. The van der Waals surface area contributed by atoms with Crippen LogP contribution in [0.25, 0.3) is 0 Å². The van der Waals surface area contributed by atoms with E-state index in [-0.39, 0.29) is 24.1 Å². The molecule has 2 aromatic carbocycles. The summed E-state index contributed by atoms with van der Waals surface area (Å²) in [7, 11) is 0. The van der Waals surface area contributed by atoms with Crippen molar-refractivity contribution in [3.8, 4) is 0 Å². The van der Waals surface area contributed by atoms with Crippen molar-refractivity contribution in [2.24, 2.45) is 0 Å². The third-order valence-corrected chi connectivity index (χ3v) is 4.09. The zero-order valence-corrected chi connectivity index (χ0v) is 13.3. The van der Waals surface area contributed by atoms with Crippen LogP contribution in [0.1, 0.15) is 28.8 Å². The quantitative estimate of drug-likeness (QED) is 0.938. The van der Waals surface area contributed by atoms with Crippen LogP contribution in [-0.4, -0.2) is 29.8 Å². The smallest absolute Gasteiger partial charge is 0.253 e. The van der Waals surface area contributed by atoms with Gasteiger partial charge in [0.25, 0.3) is 5.91 Å². The highest BCUT2D eigenvalue weighted by Gasteiger charge is 2.19. The van der Waals surface area contributed by atoms with E-state index in [4.69, 9.17) is 0 Å². The summed E-state index contributed by atoms with van der Waals surface area (Å²) in [5.74, 6) is -0.464. The van der Waals surface area contributed by atoms with Crippen LogP contribution in [0.5, 0.6) is 0 Å². The van der Waals surface area contributed by atoms with Crippen LogP contribution in [0, 0.1) is 5.82 Å². The van der Waals surface area contributed by atoms with E-state index in [0.29, 0.717) is 11.3 Å². The van der Waals surface area contributed by atoms with Crippen LogP contribution in [0.2, 0.25) is 0 Å². The van der Waals surface area contributed by atoms with E-state index in [1.807, 2.05) is 4.90 Å². The molecule has 1 fully saturated rings. The SMILES string of the molecule is O=C(Cc1ccc(F)cc1)Nc1ccc(C(=O)N2CCCC2)cc1. The number of nitrogens with one attached hydrogen (secondary N) is 1. The minimum absolute atomic E-state index is 0.0386. The molecule has 1 aliphatic heterocycles. The number of hydrogen-bond donors (Lipinski definition) is 1. The van der Waals surface area contributed by atoms with Crippen LogP contribution in [0.4, 0.5) is 10.1 Å². The summed E-state index contributed by atoms with van der Waals surface area (Å²) in [6.45, 7) is 1.63. The molecule has 4 nitrogen and oxygen atoms in total. The minimum Gasteiger partial charge on any atom is -0.339 e. The molecule has 3 rings (SSSR count). The number of anilines is 1. The number of benzene rings is 2. The van der Waals surface area contributed by atoms with E-state index in [1.165, 1.54) is 12.1 Å². The molecule has 0 aliphatic carbocycles. The first-order valence-corrected chi connectivity index (χ1v) is 8.05. The van der Waals surface area contributed by atoms with Gasteiger partial charge in [0.15, 0.2) is 0 Å². The first-order chi connectivity index (χ1) is 11.6. The van der Waals surface area contributed by atoms with E-state index in [2.05, 4.69) is 5.32 Å². The lowest BCUT2D eigenvalue weighted by atomic mass is 10.1. The van der Waals surface area contributed by atoms with Gasteiger partial charge >= 0.3 is 0 Å². The second kappa shape index (κ2) is 7.25. The van der Waals surface area contributed by atoms with Crippen molar-refractivity contribution >= 4 is 17.5 Å². The molecule has 0 radical (unpaired) electrons. The Labute approximate surface area is 140 Å². The zero-order chi connectivity index (χ0) is 16.9. The van der Waals surface area contributed by atoms with Crippen molar-refractivity contribution in [2.45, 2.75) is 19.3 Å². The first-order valence-electron chi connectivity index (χ1n) is 8.05. The molecule has 0 bridgehead atoms. The predicted octanol–water partition coefficient (Wildman–Crippen LogP) is 3.24. The molecule has 124 valence electrons. The fourth-order valence-electron chi connectivity index (χ4n) is 2.79. The Morgan fingerprint density at radius 2 is 1.58 bits per heavy atom. The summed E-state index contributed by atoms with van der Waals surface area (Å²) < 4.78 is 12.9. The van der Waals surface area contributed by atoms with Gasteiger partial charge in [-0.3, -0.25) is 9.59 Å². The Bertz CT molecular complexity index is 720. The average molecular weight is 326 g/mol. The van der Waals surface area contributed by atoms with Gasteiger partial charge in [-0.15, -0.1) is 0 Å². The van der Waals surface area contributed by atoms with Crippen molar-refractivity contribution in [3.63, 3.8) is 0 Å². The maximum absolute atomic E-state index is 12.9. The van der Waals surface area contributed by atoms with Crippen LogP contribution in [-0.2, 0) is 11.2 Å². The van der Waals surface area contributed by atoms with Crippen molar-refractivity contribution in [2.75, 3.05) is 18.4 Å². The first kappa shape index (κ1) is 16.2. The maximum Gasteiger partial charge on any atom is 0.253 e. The van der Waals surface area contributed by atoms with Gasteiger partial charge in [0, 0.05) is 24.3 Å². The molecule has 0 atom stereocenters. The van der Waals surface area contributed by atoms with Crippen molar-refractivity contribution < 1.29 is 14.0 Å². The molecule has 0 unspecified atom stereocenters. The van der Waals surface area contributed by atoms with Gasteiger partial charge in [-0.1, -0.05) is 12.1 Å². The summed E-state index contributed by atoms with van der Waals surface area (Å²) in [6.07, 6.45) is 2.29. The van der Waals surface area contributed by atoms with Gasteiger partial charge < -0.3 is 10.2 Å². The molecular weight excluding hydrogens is 307 g/mol. The lowest BCUT2D eigenvalue weighted by Gasteiger charge is -2.15.